The first-order valence-corrected chi connectivity index (χ1v) is 9.88. The van der Waals surface area contributed by atoms with E-state index < -0.39 is 12.3 Å². The SMILES string of the molecule is Cc1cc(C(=O)O)nn1Cc1cc(OC(F)(F)F)cc2sc(N3CC=CCC3)nc12. The highest BCUT2D eigenvalue weighted by Crippen LogP contribution is 2.36. The van der Waals surface area contributed by atoms with Gasteiger partial charge in [-0.1, -0.05) is 23.5 Å². The minimum absolute atomic E-state index is 0.0632. The molecule has 1 aliphatic heterocycles. The third-order valence-corrected chi connectivity index (χ3v) is 5.68. The van der Waals surface area contributed by atoms with Gasteiger partial charge in [0.25, 0.3) is 0 Å². The van der Waals surface area contributed by atoms with Crippen LogP contribution < -0.4 is 9.64 Å². The van der Waals surface area contributed by atoms with Crippen LogP contribution in [0.3, 0.4) is 0 Å². The first-order valence-electron chi connectivity index (χ1n) is 9.06. The van der Waals surface area contributed by atoms with Gasteiger partial charge in [0, 0.05) is 30.4 Å². The Hall–Kier alpha value is -3.08. The lowest BCUT2D eigenvalue weighted by molar-refractivity contribution is -0.274. The van der Waals surface area contributed by atoms with Crippen LogP contribution >= 0.6 is 11.3 Å². The molecular weight excluding hydrogens is 421 g/mol. The van der Waals surface area contributed by atoms with E-state index in [1.54, 1.807) is 6.92 Å². The highest BCUT2D eigenvalue weighted by Gasteiger charge is 2.32. The first kappa shape index (κ1) is 20.2. The minimum Gasteiger partial charge on any atom is -0.476 e. The quantitative estimate of drug-likeness (QED) is 0.601. The molecule has 30 heavy (non-hydrogen) atoms. The van der Waals surface area contributed by atoms with Gasteiger partial charge in [0.05, 0.1) is 16.8 Å². The molecule has 0 atom stereocenters. The van der Waals surface area contributed by atoms with E-state index in [2.05, 4.69) is 25.8 Å². The van der Waals surface area contributed by atoms with Gasteiger partial charge in [-0.3, -0.25) is 4.68 Å². The van der Waals surface area contributed by atoms with Crippen LogP contribution in [0.25, 0.3) is 10.2 Å². The van der Waals surface area contributed by atoms with E-state index in [1.807, 2.05) is 6.08 Å². The Morgan fingerprint density at radius 3 is 2.73 bits per heavy atom. The lowest BCUT2D eigenvalue weighted by Crippen LogP contribution is -2.26. The fraction of sp³-hybridized carbons (Fsp3) is 0.316. The number of carbonyl (C=O) groups is 1. The van der Waals surface area contributed by atoms with Crippen molar-refractivity contribution in [1.82, 2.24) is 14.8 Å². The maximum Gasteiger partial charge on any atom is 0.573 e. The number of nitrogens with zero attached hydrogens (tertiary/aromatic N) is 4. The standard InChI is InChI=1S/C19H17F3N4O3S/c1-11-7-14(17(27)28)24-26(11)10-12-8-13(29-19(20,21)22)9-15-16(12)23-18(30-15)25-5-3-2-4-6-25/h2-3,7-9H,4-6,10H2,1H3,(H,27,28). The second-order valence-corrected chi connectivity index (χ2v) is 7.82. The zero-order chi connectivity index (χ0) is 21.5. The van der Waals surface area contributed by atoms with Crippen molar-refractivity contribution >= 4 is 32.7 Å². The van der Waals surface area contributed by atoms with Gasteiger partial charge in [-0.25, -0.2) is 9.78 Å². The topological polar surface area (TPSA) is 80.5 Å². The van der Waals surface area contributed by atoms with Crippen LogP contribution in [0, 0.1) is 6.92 Å². The van der Waals surface area contributed by atoms with Gasteiger partial charge in [-0.05, 0) is 25.5 Å². The lowest BCUT2D eigenvalue weighted by atomic mass is 10.2. The second-order valence-electron chi connectivity index (χ2n) is 6.81. The maximum atomic E-state index is 12.8. The largest absolute Gasteiger partial charge is 0.573 e. The van der Waals surface area contributed by atoms with Gasteiger partial charge in [0.1, 0.15) is 5.75 Å². The lowest BCUT2D eigenvalue weighted by Gasteiger charge is -2.22. The minimum atomic E-state index is -4.83. The molecule has 0 spiro atoms. The normalized spacial score (nSPS) is 14.5. The number of aromatic nitrogens is 3. The second kappa shape index (κ2) is 7.63. The van der Waals surface area contributed by atoms with E-state index in [0.717, 1.165) is 13.0 Å². The van der Waals surface area contributed by atoms with E-state index in [1.165, 1.54) is 34.2 Å². The Kier molecular flexibility index (Phi) is 5.14. The fourth-order valence-corrected chi connectivity index (χ4v) is 4.34. The van der Waals surface area contributed by atoms with Crippen LogP contribution in [0.4, 0.5) is 18.3 Å². The number of hydrogen-bond donors (Lipinski definition) is 1. The van der Waals surface area contributed by atoms with Crippen molar-refractivity contribution in [1.29, 1.82) is 0 Å². The zero-order valence-corrected chi connectivity index (χ0v) is 16.6. The average Bonchev–Trinajstić information content (AvgIpc) is 3.25. The molecule has 0 bridgehead atoms. The molecule has 0 saturated carbocycles. The highest BCUT2D eigenvalue weighted by molar-refractivity contribution is 7.22. The number of anilines is 1. The van der Waals surface area contributed by atoms with Gasteiger partial charge in [-0.15, -0.1) is 13.2 Å². The van der Waals surface area contributed by atoms with E-state index in [9.17, 15) is 18.0 Å². The molecule has 0 saturated heterocycles. The third-order valence-electron chi connectivity index (χ3n) is 4.62. The number of thiazole rings is 1. The van der Waals surface area contributed by atoms with Crippen LogP contribution in [-0.4, -0.2) is 45.3 Å². The molecule has 1 N–H and O–H groups in total. The third kappa shape index (κ3) is 4.25. The van der Waals surface area contributed by atoms with Crippen LogP contribution in [-0.2, 0) is 6.54 Å². The molecule has 1 aromatic carbocycles. The van der Waals surface area contributed by atoms with Crippen molar-refractivity contribution in [3.05, 3.63) is 47.3 Å². The van der Waals surface area contributed by atoms with Crippen LogP contribution in [0.15, 0.2) is 30.4 Å². The van der Waals surface area contributed by atoms with Gasteiger partial charge in [-0.2, -0.15) is 5.10 Å². The number of aryl methyl sites for hydroxylation is 1. The van der Waals surface area contributed by atoms with Crippen molar-refractivity contribution in [3.8, 4) is 5.75 Å². The Morgan fingerprint density at radius 1 is 1.30 bits per heavy atom. The Labute approximate surface area is 173 Å². The molecule has 11 heteroatoms. The maximum absolute atomic E-state index is 12.8. The van der Waals surface area contributed by atoms with Crippen LogP contribution in [0.5, 0.6) is 5.75 Å². The van der Waals surface area contributed by atoms with Gasteiger partial charge < -0.3 is 14.7 Å². The van der Waals surface area contributed by atoms with Gasteiger partial charge in [0.15, 0.2) is 10.8 Å². The molecule has 0 unspecified atom stereocenters. The number of fused-ring (bicyclic) bond motifs is 1. The predicted octanol–water partition coefficient (Wildman–Crippen LogP) is 4.21. The van der Waals surface area contributed by atoms with Crippen LogP contribution in [0.2, 0.25) is 0 Å². The summed E-state index contributed by atoms with van der Waals surface area (Å²) in [5.74, 6) is -1.52. The van der Waals surface area contributed by atoms with Crippen LogP contribution in [0.1, 0.15) is 28.2 Å². The molecule has 0 amide bonds. The Bertz CT molecular complexity index is 1140. The molecular formula is C19H17F3N4O3S. The summed E-state index contributed by atoms with van der Waals surface area (Å²) in [6, 6.07) is 4.00. The average molecular weight is 438 g/mol. The molecule has 0 fully saturated rings. The van der Waals surface area contributed by atoms with Crippen molar-refractivity contribution in [3.63, 3.8) is 0 Å². The summed E-state index contributed by atoms with van der Waals surface area (Å²) in [6.45, 7) is 3.20. The summed E-state index contributed by atoms with van der Waals surface area (Å²) in [7, 11) is 0. The molecule has 3 aromatic rings. The van der Waals surface area contributed by atoms with Crippen molar-refractivity contribution in [2.75, 3.05) is 18.0 Å². The van der Waals surface area contributed by atoms with Gasteiger partial charge in [0.2, 0.25) is 0 Å². The number of carboxylic acids is 1. The molecule has 2 aromatic heterocycles. The van der Waals surface area contributed by atoms with Gasteiger partial charge >= 0.3 is 12.3 Å². The Balaban J connectivity index is 1.77. The van der Waals surface area contributed by atoms with Crippen molar-refractivity contribution in [2.24, 2.45) is 0 Å². The number of benzene rings is 1. The Morgan fingerprint density at radius 2 is 2.10 bits per heavy atom. The molecule has 0 aliphatic carbocycles. The van der Waals surface area contributed by atoms with E-state index in [-0.39, 0.29) is 18.0 Å². The fourth-order valence-electron chi connectivity index (χ4n) is 3.26. The zero-order valence-electron chi connectivity index (χ0n) is 15.8. The number of hydrogen-bond acceptors (Lipinski definition) is 6. The summed E-state index contributed by atoms with van der Waals surface area (Å²) < 4.78 is 44.6. The molecule has 7 nitrogen and oxygen atoms in total. The number of aromatic carboxylic acids is 1. The van der Waals surface area contributed by atoms with E-state index >= 15 is 0 Å². The van der Waals surface area contributed by atoms with E-state index in [4.69, 9.17) is 5.11 Å². The predicted molar refractivity (Wildman–Crippen MR) is 105 cm³/mol. The molecule has 158 valence electrons. The molecule has 3 heterocycles. The summed E-state index contributed by atoms with van der Waals surface area (Å²) in [5, 5.41) is 13.9. The highest BCUT2D eigenvalue weighted by atomic mass is 32.1. The number of halogens is 3. The summed E-state index contributed by atoms with van der Waals surface area (Å²) in [5.41, 5.74) is 1.45. The number of alkyl halides is 3. The number of ether oxygens (including phenoxy) is 1. The first-order chi connectivity index (χ1) is 14.2. The summed E-state index contributed by atoms with van der Waals surface area (Å²) in [6.07, 6.45) is 0.143. The molecule has 0 radical (unpaired) electrons. The monoisotopic (exact) mass is 438 g/mol. The summed E-state index contributed by atoms with van der Waals surface area (Å²) in [4.78, 5) is 17.9. The smallest absolute Gasteiger partial charge is 0.476 e. The number of carboxylic acid groups (broad SMARTS) is 1. The van der Waals surface area contributed by atoms with Crippen molar-refractivity contribution in [2.45, 2.75) is 26.3 Å². The summed E-state index contributed by atoms with van der Waals surface area (Å²) >= 11 is 1.29. The molecule has 4 rings (SSSR count). The van der Waals surface area contributed by atoms with Crippen molar-refractivity contribution < 1.29 is 27.8 Å². The number of rotatable bonds is 5. The van der Waals surface area contributed by atoms with E-state index in [0.29, 0.717) is 33.2 Å². The molecule has 1 aliphatic rings.